The van der Waals surface area contributed by atoms with Gasteiger partial charge in [0.25, 0.3) is 0 Å². The number of H-pyrrole nitrogens is 1. The topological polar surface area (TPSA) is 41.6 Å². The van der Waals surface area contributed by atoms with Crippen LogP contribution in [0.15, 0.2) is 29.1 Å². The SMILES string of the molecule is Cc1cnc2[nH]c3cnc(Br)cc3c2c1. The highest BCUT2D eigenvalue weighted by Gasteiger charge is 2.05. The van der Waals surface area contributed by atoms with Crippen LogP contribution in [-0.4, -0.2) is 15.0 Å². The Morgan fingerprint density at radius 1 is 1.13 bits per heavy atom. The zero-order chi connectivity index (χ0) is 10.4. The van der Waals surface area contributed by atoms with E-state index in [2.05, 4.69) is 36.9 Å². The number of fused-ring (bicyclic) bond motifs is 3. The van der Waals surface area contributed by atoms with Gasteiger partial charge in [0.2, 0.25) is 0 Å². The number of aryl methyl sites for hydroxylation is 1. The molecule has 0 unspecified atom stereocenters. The van der Waals surface area contributed by atoms with Crippen molar-refractivity contribution in [1.29, 1.82) is 0 Å². The number of halogens is 1. The molecule has 0 aliphatic heterocycles. The Balaban J connectivity index is 2.55. The maximum atomic E-state index is 4.35. The molecule has 0 amide bonds. The number of aromatic nitrogens is 3. The predicted molar refractivity (Wildman–Crippen MR) is 63.8 cm³/mol. The normalized spacial score (nSPS) is 11.3. The van der Waals surface area contributed by atoms with E-state index in [1.807, 2.05) is 25.4 Å². The number of nitrogens with one attached hydrogen (secondary N) is 1. The Bertz CT molecular complexity index is 601. The summed E-state index contributed by atoms with van der Waals surface area (Å²) >= 11 is 3.38. The molecular formula is C11H8BrN3. The Morgan fingerprint density at radius 3 is 2.87 bits per heavy atom. The van der Waals surface area contributed by atoms with Gasteiger partial charge in [-0.15, -0.1) is 0 Å². The van der Waals surface area contributed by atoms with Crippen molar-refractivity contribution in [3.8, 4) is 0 Å². The second-order valence-electron chi connectivity index (χ2n) is 3.59. The van der Waals surface area contributed by atoms with Crippen LogP contribution in [0.3, 0.4) is 0 Å². The minimum atomic E-state index is 0.845. The number of pyridine rings is 2. The van der Waals surface area contributed by atoms with Crippen LogP contribution in [0.1, 0.15) is 5.56 Å². The molecule has 0 atom stereocenters. The van der Waals surface area contributed by atoms with Crippen molar-refractivity contribution in [2.45, 2.75) is 6.92 Å². The van der Waals surface area contributed by atoms with E-state index in [1.54, 1.807) is 0 Å². The molecular weight excluding hydrogens is 254 g/mol. The molecule has 1 N–H and O–H groups in total. The van der Waals surface area contributed by atoms with Crippen molar-refractivity contribution >= 4 is 37.9 Å². The first-order valence-corrected chi connectivity index (χ1v) is 5.43. The summed E-state index contributed by atoms with van der Waals surface area (Å²) in [6.45, 7) is 2.04. The maximum Gasteiger partial charge on any atom is 0.138 e. The van der Waals surface area contributed by atoms with E-state index in [0.29, 0.717) is 0 Å². The number of hydrogen-bond donors (Lipinski definition) is 1. The third kappa shape index (κ3) is 1.33. The summed E-state index contributed by atoms with van der Waals surface area (Å²) in [6, 6.07) is 4.14. The Labute approximate surface area is 94.7 Å². The molecule has 0 saturated carbocycles. The van der Waals surface area contributed by atoms with E-state index in [0.717, 1.165) is 32.1 Å². The number of aromatic amines is 1. The monoisotopic (exact) mass is 261 g/mol. The second-order valence-corrected chi connectivity index (χ2v) is 4.40. The Hall–Kier alpha value is -1.42. The second kappa shape index (κ2) is 3.03. The van der Waals surface area contributed by atoms with Gasteiger partial charge in [0, 0.05) is 17.0 Å². The molecule has 0 spiro atoms. The van der Waals surface area contributed by atoms with E-state index in [4.69, 9.17) is 0 Å². The van der Waals surface area contributed by atoms with Crippen molar-refractivity contribution in [1.82, 2.24) is 15.0 Å². The van der Waals surface area contributed by atoms with Gasteiger partial charge in [0.1, 0.15) is 10.3 Å². The molecule has 0 aromatic carbocycles. The van der Waals surface area contributed by atoms with Crippen LogP contribution in [0.2, 0.25) is 0 Å². The lowest BCUT2D eigenvalue weighted by Gasteiger charge is -1.93. The average molecular weight is 262 g/mol. The third-order valence-corrected chi connectivity index (χ3v) is 2.87. The fourth-order valence-electron chi connectivity index (χ4n) is 1.75. The maximum absolute atomic E-state index is 4.35. The molecule has 3 nitrogen and oxygen atoms in total. The molecule has 15 heavy (non-hydrogen) atoms. The van der Waals surface area contributed by atoms with Gasteiger partial charge in [0.15, 0.2) is 0 Å². The zero-order valence-corrected chi connectivity index (χ0v) is 9.67. The lowest BCUT2D eigenvalue weighted by atomic mass is 10.2. The summed E-state index contributed by atoms with van der Waals surface area (Å²) < 4.78 is 0.845. The van der Waals surface area contributed by atoms with E-state index in [9.17, 15) is 0 Å². The summed E-state index contributed by atoms with van der Waals surface area (Å²) in [5.41, 5.74) is 3.10. The van der Waals surface area contributed by atoms with E-state index in [1.165, 1.54) is 0 Å². The van der Waals surface area contributed by atoms with Crippen LogP contribution in [0, 0.1) is 6.92 Å². The molecule has 0 fully saturated rings. The minimum Gasteiger partial charge on any atom is -0.338 e. The first-order valence-electron chi connectivity index (χ1n) is 4.63. The number of rotatable bonds is 0. The highest BCUT2D eigenvalue weighted by Crippen LogP contribution is 2.25. The first kappa shape index (κ1) is 8.85. The lowest BCUT2D eigenvalue weighted by Crippen LogP contribution is -1.77. The van der Waals surface area contributed by atoms with Gasteiger partial charge < -0.3 is 4.98 Å². The smallest absolute Gasteiger partial charge is 0.138 e. The van der Waals surface area contributed by atoms with E-state index >= 15 is 0 Å². The van der Waals surface area contributed by atoms with Gasteiger partial charge in [-0.25, -0.2) is 9.97 Å². The molecule has 3 aromatic rings. The van der Waals surface area contributed by atoms with Crippen molar-refractivity contribution in [2.75, 3.05) is 0 Å². The van der Waals surface area contributed by atoms with Crippen molar-refractivity contribution < 1.29 is 0 Å². The molecule has 0 saturated heterocycles. The largest absolute Gasteiger partial charge is 0.338 e. The van der Waals surface area contributed by atoms with Gasteiger partial charge in [-0.2, -0.15) is 0 Å². The summed E-state index contributed by atoms with van der Waals surface area (Å²) in [7, 11) is 0. The van der Waals surface area contributed by atoms with E-state index in [-0.39, 0.29) is 0 Å². The zero-order valence-electron chi connectivity index (χ0n) is 8.08. The van der Waals surface area contributed by atoms with Crippen LogP contribution >= 0.6 is 15.9 Å². The van der Waals surface area contributed by atoms with Crippen molar-refractivity contribution in [3.05, 3.63) is 34.7 Å². The molecule has 3 rings (SSSR count). The lowest BCUT2D eigenvalue weighted by molar-refractivity contribution is 1.28. The van der Waals surface area contributed by atoms with Gasteiger partial charge in [-0.1, -0.05) is 0 Å². The molecule has 0 bridgehead atoms. The van der Waals surface area contributed by atoms with E-state index < -0.39 is 0 Å². The fourth-order valence-corrected chi connectivity index (χ4v) is 2.09. The number of hydrogen-bond acceptors (Lipinski definition) is 2. The minimum absolute atomic E-state index is 0.845. The Kier molecular flexibility index (Phi) is 1.79. The molecule has 0 radical (unpaired) electrons. The van der Waals surface area contributed by atoms with Gasteiger partial charge in [0.05, 0.1) is 11.7 Å². The summed E-state index contributed by atoms with van der Waals surface area (Å²) in [6.07, 6.45) is 3.68. The quantitative estimate of drug-likeness (QED) is 0.632. The predicted octanol–water partition coefficient (Wildman–Crippen LogP) is 3.18. The molecule has 3 aromatic heterocycles. The van der Waals surface area contributed by atoms with Gasteiger partial charge >= 0.3 is 0 Å². The fraction of sp³-hybridized carbons (Fsp3) is 0.0909. The summed E-state index contributed by atoms with van der Waals surface area (Å²) in [5, 5.41) is 2.30. The molecule has 74 valence electrons. The standard InChI is InChI=1S/C11H8BrN3/c1-6-2-8-7-3-10(12)13-5-9(7)15-11(8)14-4-6/h2-5H,1H3,(H,14,15). The van der Waals surface area contributed by atoms with Crippen LogP contribution in [0.25, 0.3) is 21.9 Å². The highest BCUT2D eigenvalue weighted by atomic mass is 79.9. The highest BCUT2D eigenvalue weighted by molar-refractivity contribution is 9.10. The Morgan fingerprint density at radius 2 is 2.00 bits per heavy atom. The average Bonchev–Trinajstić information content (AvgIpc) is 2.56. The van der Waals surface area contributed by atoms with Crippen LogP contribution in [0.4, 0.5) is 0 Å². The van der Waals surface area contributed by atoms with Crippen molar-refractivity contribution in [3.63, 3.8) is 0 Å². The summed E-state index contributed by atoms with van der Waals surface area (Å²) in [4.78, 5) is 11.8. The molecule has 3 heterocycles. The van der Waals surface area contributed by atoms with Gasteiger partial charge in [-0.3, -0.25) is 0 Å². The van der Waals surface area contributed by atoms with Crippen molar-refractivity contribution in [2.24, 2.45) is 0 Å². The molecule has 0 aliphatic carbocycles. The third-order valence-electron chi connectivity index (χ3n) is 2.44. The first-order chi connectivity index (χ1) is 7.24. The molecule has 4 heteroatoms. The van der Waals surface area contributed by atoms with Crippen LogP contribution in [0.5, 0.6) is 0 Å². The number of nitrogens with zero attached hydrogens (tertiary/aromatic N) is 2. The summed E-state index contributed by atoms with van der Waals surface area (Å²) in [5.74, 6) is 0. The van der Waals surface area contributed by atoms with Crippen LogP contribution in [-0.2, 0) is 0 Å². The van der Waals surface area contributed by atoms with Gasteiger partial charge in [-0.05, 0) is 40.5 Å². The van der Waals surface area contributed by atoms with Crippen LogP contribution < -0.4 is 0 Å². The molecule has 0 aliphatic rings.